The molecule has 3 heterocycles. The van der Waals surface area contributed by atoms with Crippen LogP contribution in [0, 0.1) is 0 Å². The van der Waals surface area contributed by atoms with Gasteiger partial charge in [0, 0.05) is 13.2 Å². The molecule has 0 spiro atoms. The zero-order valence-electron chi connectivity index (χ0n) is 15.2. The first-order chi connectivity index (χ1) is 13.6. The fourth-order valence-electron chi connectivity index (χ4n) is 3.59. The summed E-state index contributed by atoms with van der Waals surface area (Å²) in [5, 5.41) is 0. The van der Waals surface area contributed by atoms with Crippen molar-refractivity contribution in [2.24, 2.45) is 7.05 Å². The van der Waals surface area contributed by atoms with Crippen LogP contribution in [0.1, 0.15) is 5.56 Å². The number of rotatable bonds is 3. The number of aromatic amines is 1. The monoisotopic (exact) mass is 371 g/mol. The fraction of sp³-hybridized carbons (Fsp3) is 0.0952. The number of aromatic nitrogens is 5. The minimum absolute atomic E-state index is 0.336. The number of nitrogens with one attached hydrogen (secondary N) is 1. The quantitative estimate of drug-likeness (QED) is 0.529. The van der Waals surface area contributed by atoms with Crippen molar-refractivity contribution in [3.05, 3.63) is 93.3 Å². The molecule has 5 rings (SSSR count). The van der Waals surface area contributed by atoms with E-state index < -0.39 is 11.2 Å². The van der Waals surface area contributed by atoms with Crippen LogP contribution in [0.15, 0.2) is 76.4 Å². The molecule has 0 fully saturated rings. The van der Waals surface area contributed by atoms with Gasteiger partial charge in [0.05, 0.1) is 12.2 Å². The normalized spacial score (nSPS) is 11.5. The molecule has 28 heavy (non-hydrogen) atoms. The molecular weight excluding hydrogens is 354 g/mol. The average molecular weight is 371 g/mol. The highest BCUT2D eigenvalue weighted by atomic mass is 16.2. The number of fused-ring (bicyclic) bond motifs is 3. The average Bonchev–Trinajstić information content (AvgIpc) is 3.24. The first-order valence-electron chi connectivity index (χ1n) is 8.93. The van der Waals surface area contributed by atoms with E-state index in [4.69, 9.17) is 0 Å². The molecule has 0 saturated carbocycles. The van der Waals surface area contributed by atoms with Gasteiger partial charge in [-0.15, -0.1) is 0 Å². The number of aryl methyl sites for hydroxylation is 1. The summed E-state index contributed by atoms with van der Waals surface area (Å²) in [5.41, 5.74) is 2.75. The number of benzene rings is 2. The first-order valence-corrected chi connectivity index (χ1v) is 8.93. The lowest BCUT2D eigenvalue weighted by molar-refractivity contribution is 0.748. The number of hydrogen-bond acceptors (Lipinski definition) is 3. The van der Waals surface area contributed by atoms with Gasteiger partial charge in [-0.05, 0) is 11.1 Å². The third-order valence-corrected chi connectivity index (χ3v) is 4.98. The highest BCUT2D eigenvalue weighted by Crippen LogP contribution is 2.24. The van der Waals surface area contributed by atoms with E-state index in [2.05, 4.69) is 9.97 Å². The van der Waals surface area contributed by atoms with Crippen molar-refractivity contribution in [3.8, 4) is 11.3 Å². The molecule has 1 N–H and O–H groups in total. The lowest BCUT2D eigenvalue weighted by Crippen LogP contribution is -2.31. The Labute approximate surface area is 159 Å². The molecule has 0 saturated heterocycles. The Morgan fingerprint density at radius 1 is 0.964 bits per heavy atom. The van der Waals surface area contributed by atoms with E-state index in [1.165, 1.54) is 4.57 Å². The summed E-state index contributed by atoms with van der Waals surface area (Å²) in [6.45, 7) is 0.336. The Morgan fingerprint density at radius 3 is 2.36 bits per heavy atom. The summed E-state index contributed by atoms with van der Waals surface area (Å²) in [5.74, 6) is 0.603. The predicted molar refractivity (Wildman–Crippen MR) is 108 cm³/mol. The van der Waals surface area contributed by atoms with Crippen molar-refractivity contribution in [1.29, 1.82) is 0 Å². The van der Waals surface area contributed by atoms with Crippen LogP contribution >= 0.6 is 0 Å². The smallest absolute Gasteiger partial charge is 0.313 e. The summed E-state index contributed by atoms with van der Waals surface area (Å²) in [7, 11) is 1.90. The molecule has 0 atom stereocenters. The van der Waals surface area contributed by atoms with Gasteiger partial charge in [0.2, 0.25) is 5.78 Å². The van der Waals surface area contributed by atoms with Crippen molar-refractivity contribution >= 4 is 16.9 Å². The second-order valence-electron chi connectivity index (χ2n) is 6.72. The maximum Gasteiger partial charge on any atom is 0.330 e. The molecule has 0 bridgehead atoms. The van der Waals surface area contributed by atoms with E-state index in [0.29, 0.717) is 23.5 Å². The molecular formula is C21H17N5O2. The molecule has 3 aromatic heterocycles. The van der Waals surface area contributed by atoms with Gasteiger partial charge in [-0.25, -0.2) is 4.79 Å². The van der Waals surface area contributed by atoms with Crippen LogP contribution in [0.2, 0.25) is 0 Å². The minimum atomic E-state index is -0.465. The van der Waals surface area contributed by atoms with Gasteiger partial charge in [0.25, 0.3) is 5.56 Å². The Kier molecular flexibility index (Phi) is 3.55. The highest BCUT2D eigenvalue weighted by Gasteiger charge is 2.19. The Bertz CT molecular complexity index is 1420. The standard InChI is InChI=1S/C21H17N5O2/c1-24-16(15-10-6-3-7-11-15)13-25-17-18(22-20(24)25)26(21(28)23-19(17)27)12-14-8-4-2-5-9-14/h2-11,13H,12H2,1H3,(H,23,27,28). The second-order valence-corrected chi connectivity index (χ2v) is 6.72. The summed E-state index contributed by atoms with van der Waals surface area (Å²) >= 11 is 0. The maximum absolute atomic E-state index is 12.6. The number of hydrogen-bond donors (Lipinski definition) is 1. The topological polar surface area (TPSA) is 77.1 Å². The zero-order valence-corrected chi connectivity index (χ0v) is 15.2. The van der Waals surface area contributed by atoms with Crippen LogP contribution in [-0.4, -0.2) is 23.5 Å². The lowest BCUT2D eigenvalue weighted by atomic mass is 10.2. The van der Waals surface area contributed by atoms with Gasteiger partial charge < -0.3 is 4.57 Å². The van der Waals surface area contributed by atoms with E-state index in [0.717, 1.165) is 16.8 Å². The lowest BCUT2D eigenvalue weighted by Gasteiger charge is -2.06. The number of H-pyrrole nitrogens is 1. The molecule has 0 aliphatic heterocycles. The van der Waals surface area contributed by atoms with Crippen molar-refractivity contribution in [3.63, 3.8) is 0 Å². The third kappa shape index (κ3) is 2.40. The molecule has 138 valence electrons. The molecule has 0 aliphatic rings. The first kappa shape index (κ1) is 16.3. The van der Waals surface area contributed by atoms with Crippen LogP contribution in [-0.2, 0) is 13.6 Å². The van der Waals surface area contributed by atoms with E-state index in [1.807, 2.05) is 78.5 Å². The van der Waals surface area contributed by atoms with E-state index >= 15 is 0 Å². The summed E-state index contributed by atoms with van der Waals surface area (Å²) in [6, 6.07) is 19.5. The maximum atomic E-state index is 12.6. The van der Waals surface area contributed by atoms with E-state index in [9.17, 15) is 9.59 Å². The minimum Gasteiger partial charge on any atom is -0.313 e. The molecule has 5 aromatic rings. The van der Waals surface area contributed by atoms with E-state index in [-0.39, 0.29) is 0 Å². The van der Waals surface area contributed by atoms with Crippen LogP contribution in [0.4, 0.5) is 0 Å². The van der Waals surface area contributed by atoms with Crippen molar-refractivity contribution < 1.29 is 0 Å². The molecule has 0 amide bonds. The molecule has 0 unspecified atom stereocenters. The van der Waals surface area contributed by atoms with Crippen molar-refractivity contribution in [2.75, 3.05) is 0 Å². The summed E-state index contributed by atoms with van der Waals surface area (Å²) < 4.78 is 5.17. The van der Waals surface area contributed by atoms with E-state index in [1.54, 1.807) is 4.40 Å². The highest BCUT2D eigenvalue weighted by molar-refractivity contribution is 5.78. The Morgan fingerprint density at radius 2 is 1.64 bits per heavy atom. The molecule has 0 radical (unpaired) electrons. The molecule has 7 nitrogen and oxygen atoms in total. The zero-order chi connectivity index (χ0) is 19.3. The van der Waals surface area contributed by atoms with Gasteiger partial charge in [-0.3, -0.25) is 18.7 Å². The van der Waals surface area contributed by atoms with Crippen LogP contribution in [0.3, 0.4) is 0 Å². The van der Waals surface area contributed by atoms with Gasteiger partial charge in [-0.1, -0.05) is 60.7 Å². The Hall–Kier alpha value is -3.87. The second kappa shape index (κ2) is 6.09. The molecule has 0 aliphatic carbocycles. The number of nitrogens with zero attached hydrogens (tertiary/aromatic N) is 4. The predicted octanol–water partition coefficient (Wildman–Crippen LogP) is 2.39. The van der Waals surface area contributed by atoms with Crippen LogP contribution in [0.5, 0.6) is 0 Å². The Balaban J connectivity index is 1.78. The summed E-state index contributed by atoms with van der Waals surface area (Å²) in [4.78, 5) is 32.2. The SMILES string of the molecule is Cn1c(-c2ccccc2)cn2c3c(=O)[nH]c(=O)n(Cc4ccccc4)c3nc12. The van der Waals surface area contributed by atoms with Crippen molar-refractivity contribution in [2.45, 2.75) is 6.54 Å². The van der Waals surface area contributed by atoms with Crippen LogP contribution in [0.25, 0.3) is 28.2 Å². The fourth-order valence-corrected chi connectivity index (χ4v) is 3.59. The summed E-state index contributed by atoms with van der Waals surface area (Å²) in [6.07, 6.45) is 1.88. The molecule has 2 aromatic carbocycles. The van der Waals surface area contributed by atoms with Gasteiger partial charge in [0.1, 0.15) is 0 Å². The van der Waals surface area contributed by atoms with Crippen molar-refractivity contribution in [1.82, 2.24) is 23.5 Å². The van der Waals surface area contributed by atoms with Crippen LogP contribution < -0.4 is 11.2 Å². The van der Waals surface area contributed by atoms with Gasteiger partial charge in [0.15, 0.2) is 11.2 Å². The molecule has 7 heteroatoms. The van der Waals surface area contributed by atoms with Gasteiger partial charge in [-0.2, -0.15) is 4.98 Å². The largest absolute Gasteiger partial charge is 0.330 e. The third-order valence-electron chi connectivity index (χ3n) is 4.98. The number of imidazole rings is 2. The van der Waals surface area contributed by atoms with Gasteiger partial charge >= 0.3 is 5.69 Å².